The van der Waals surface area contributed by atoms with E-state index in [1.807, 2.05) is 23.1 Å². The van der Waals surface area contributed by atoms with Gasteiger partial charge < -0.3 is 15.0 Å². The van der Waals surface area contributed by atoms with Crippen LogP contribution in [0.25, 0.3) is 0 Å². The van der Waals surface area contributed by atoms with Crippen molar-refractivity contribution < 1.29 is 9.53 Å². The van der Waals surface area contributed by atoms with E-state index in [1.165, 1.54) is 5.56 Å². The number of pyridine rings is 1. The van der Waals surface area contributed by atoms with E-state index in [9.17, 15) is 4.79 Å². The number of likely N-dealkylation sites (tertiary alicyclic amines) is 2. The molecule has 2 fully saturated rings. The van der Waals surface area contributed by atoms with Crippen LogP contribution in [-0.2, 0) is 6.54 Å². The Morgan fingerprint density at radius 3 is 2.64 bits per heavy atom. The lowest BCUT2D eigenvalue weighted by atomic mass is 10.1. The molecule has 2 aliphatic heterocycles. The van der Waals surface area contributed by atoms with Gasteiger partial charge in [-0.25, -0.2) is 4.79 Å². The number of nitrogens with one attached hydrogen (secondary N) is 1. The van der Waals surface area contributed by atoms with Gasteiger partial charge in [0.2, 0.25) is 0 Å². The largest absolute Gasteiger partial charge is 0.489 e. The Bertz CT molecular complexity index is 748. The lowest BCUT2D eigenvalue weighted by Gasteiger charge is -2.33. The first-order valence-electron chi connectivity index (χ1n) is 10.1. The molecular weight excluding hydrogens is 352 g/mol. The number of hydrogen-bond acceptors (Lipinski definition) is 4. The zero-order chi connectivity index (χ0) is 19.2. The summed E-state index contributed by atoms with van der Waals surface area (Å²) >= 11 is 0. The number of amides is 2. The molecule has 28 heavy (non-hydrogen) atoms. The number of hydrogen-bond donors (Lipinski definition) is 1. The predicted molar refractivity (Wildman–Crippen MR) is 108 cm³/mol. The van der Waals surface area contributed by atoms with Gasteiger partial charge in [0.05, 0.1) is 6.20 Å². The van der Waals surface area contributed by atoms with Gasteiger partial charge in [-0.05, 0) is 24.1 Å². The molecule has 1 aromatic heterocycles. The summed E-state index contributed by atoms with van der Waals surface area (Å²) in [5, 5.41) is 3.22. The minimum absolute atomic E-state index is 0.0615. The smallest absolute Gasteiger partial charge is 0.317 e. The van der Waals surface area contributed by atoms with E-state index < -0.39 is 0 Å². The quantitative estimate of drug-likeness (QED) is 0.867. The van der Waals surface area contributed by atoms with Gasteiger partial charge in [0.1, 0.15) is 11.9 Å². The number of benzene rings is 1. The molecule has 4 rings (SSSR count). The third-order valence-electron chi connectivity index (χ3n) is 5.52. The van der Waals surface area contributed by atoms with Gasteiger partial charge in [0.15, 0.2) is 0 Å². The van der Waals surface area contributed by atoms with E-state index >= 15 is 0 Å². The second kappa shape index (κ2) is 9.06. The molecule has 2 saturated heterocycles. The number of rotatable bonds is 5. The number of piperidine rings is 1. The second-order valence-corrected chi connectivity index (χ2v) is 7.65. The molecule has 0 saturated carbocycles. The van der Waals surface area contributed by atoms with E-state index in [0.717, 1.165) is 57.7 Å². The summed E-state index contributed by atoms with van der Waals surface area (Å²) in [5.41, 5.74) is 1.32. The van der Waals surface area contributed by atoms with Gasteiger partial charge in [-0.1, -0.05) is 30.3 Å². The van der Waals surface area contributed by atoms with Crippen LogP contribution >= 0.6 is 0 Å². The van der Waals surface area contributed by atoms with Crippen LogP contribution in [0.3, 0.4) is 0 Å². The van der Waals surface area contributed by atoms with Gasteiger partial charge >= 0.3 is 6.03 Å². The van der Waals surface area contributed by atoms with Crippen molar-refractivity contribution in [3.8, 4) is 5.75 Å². The minimum Gasteiger partial charge on any atom is -0.489 e. The number of carbonyl (C=O) groups excluding carboxylic acids is 1. The molecule has 148 valence electrons. The van der Waals surface area contributed by atoms with Gasteiger partial charge in [0, 0.05) is 57.8 Å². The Labute approximate surface area is 166 Å². The Hall–Kier alpha value is -2.60. The normalized spacial score (nSPS) is 20.9. The van der Waals surface area contributed by atoms with Gasteiger partial charge in [-0.3, -0.25) is 9.88 Å². The average molecular weight is 380 g/mol. The van der Waals surface area contributed by atoms with Crippen molar-refractivity contribution in [3.63, 3.8) is 0 Å². The van der Waals surface area contributed by atoms with Crippen LogP contribution in [0.5, 0.6) is 5.75 Å². The fourth-order valence-corrected chi connectivity index (χ4v) is 3.99. The maximum Gasteiger partial charge on any atom is 0.317 e. The van der Waals surface area contributed by atoms with Crippen molar-refractivity contribution in [1.82, 2.24) is 20.1 Å². The first kappa shape index (κ1) is 18.7. The number of ether oxygens (including phenoxy) is 1. The van der Waals surface area contributed by atoms with Crippen molar-refractivity contribution in [1.29, 1.82) is 0 Å². The summed E-state index contributed by atoms with van der Waals surface area (Å²) in [6, 6.07) is 14.6. The highest BCUT2D eigenvalue weighted by atomic mass is 16.5. The lowest BCUT2D eigenvalue weighted by Crippen LogP contribution is -2.49. The molecule has 6 nitrogen and oxygen atoms in total. The number of urea groups is 1. The van der Waals surface area contributed by atoms with E-state index in [0.29, 0.717) is 0 Å². The molecular formula is C22H28N4O2. The van der Waals surface area contributed by atoms with Crippen molar-refractivity contribution in [2.45, 2.75) is 38.0 Å². The highest BCUT2D eigenvalue weighted by Gasteiger charge is 2.28. The monoisotopic (exact) mass is 380 g/mol. The van der Waals surface area contributed by atoms with Crippen LogP contribution < -0.4 is 10.1 Å². The van der Waals surface area contributed by atoms with Crippen LogP contribution in [-0.4, -0.2) is 59.1 Å². The van der Waals surface area contributed by atoms with E-state index in [2.05, 4.69) is 39.5 Å². The zero-order valence-corrected chi connectivity index (χ0v) is 16.2. The van der Waals surface area contributed by atoms with Gasteiger partial charge in [-0.15, -0.1) is 0 Å². The van der Waals surface area contributed by atoms with Crippen molar-refractivity contribution in [2.75, 3.05) is 26.2 Å². The molecule has 0 aliphatic carbocycles. The van der Waals surface area contributed by atoms with E-state index in [4.69, 9.17) is 4.74 Å². The molecule has 1 N–H and O–H groups in total. The summed E-state index contributed by atoms with van der Waals surface area (Å²) in [5.74, 6) is 0.801. The Kier molecular flexibility index (Phi) is 6.07. The summed E-state index contributed by atoms with van der Waals surface area (Å²) < 4.78 is 5.96. The van der Waals surface area contributed by atoms with Crippen LogP contribution in [0.15, 0.2) is 54.9 Å². The third kappa shape index (κ3) is 5.01. The second-order valence-electron chi connectivity index (χ2n) is 7.65. The molecule has 0 bridgehead atoms. The van der Waals surface area contributed by atoms with Crippen LogP contribution in [0.4, 0.5) is 4.79 Å². The fraction of sp³-hybridized carbons (Fsp3) is 0.455. The predicted octanol–water partition coefficient (Wildman–Crippen LogP) is 2.91. The summed E-state index contributed by atoms with van der Waals surface area (Å²) in [6.07, 6.45) is 6.35. The molecule has 3 heterocycles. The standard InChI is InChI=1S/C22H28N4O2/c27-22(24-19-8-12-25(17-19)16-18-5-2-1-3-6-18)26-13-9-20(10-14-26)28-21-7-4-11-23-15-21/h1-7,11,15,19-20H,8-10,12-14,16-17H2,(H,24,27)/t19-/m0/s1. The fourth-order valence-electron chi connectivity index (χ4n) is 3.99. The van der Waals surface area contributed by atoms with Crippen molar-refractivity contribution >= 4 is 6.03 Å². The molecule has 0 radical (unpaired) electrons. The maximum atomic E-state index is 12.6. The van der Waals surface area contributed by atoms with Crippen LogP contribution in [0, 0.1) is 0 Å². The highest BCUT2D eigenvalue weighted by molar-refractivity contribution is 5.74. The average Bonchev–Trinajstić information content (AvgIpc) is 3.17. The SMILES string of the molecule is O=C(N[C@H]1CCN(Cc2ccccc2)C1)N1CCC(Oc2cccnc2)CC1. The Balaban J connectivity index is 1.19. The minimum atomic E-state index is 0.0615. The van der Waals surface area contributed by atoms with Crippen LogP contribution in [0.2, 0.25) is 0 Å². The molecule has 2 aliphatic rings. The first-order chi connectivity index (χ1) is 13.8. The summed E-state index contributed by atoms with van der Waals surface area (Å²) in [7, 11) is 0. The molecule has 1 aromatic carbocycles. The third-order valence-corrected chi connectivity index (χ3v) is 5.52. The maximum absolute atomic E-state index is 12.6. The Morgan fingerprint density at radius 2 is 1.89 bits per heavy atom. The zero-order valence-electron chi connectivity index (χ0n) is 16.2. The van der Waals surface area contributed by atoms with Crippen LogP contribution in [0.1, 0.15) is 24.8 Å². The topological polar surface area (TPSA) is 57.7 Å². The number of aromatic nitrogens is 1. The summed E-state index contributed by atoms with van der Waals surface area (Å²) in [4.78, 5) is 21.0. The lowest BCUT2D eigenvalue weighted by molar-refractivity contribution is 0.109. The highest BCUT2D eigenvalue weighted by Crippen LogP contribution is 2.19. The number of carbonyl (C=O) groups is 1. The summed E-state index contributed by atoms with van der Waals surface area (Å²) in [6.45, 7) is 4.36. The molecule has 6 heteroatoms. The van der Waals surface area contributed by atoms with Crippen molar-refractivity contribution in [3.05, 3.63) is 60.4 Å². The number of nitrogens with zero attached hydrogens (tertiary/aromatic N) is 3. The van der Waals surface area contributed by atoms with E-state index in [1.54, 1.807) is 12.4 Å². The molecule has 2 aromatic rings. The first-order valence-corrected chi connectivity index (χ1v) is 10.1. The molecule has 0 unspecified atom stereocenters. The molecule has 2 amide bonds. The van der Waals surface area contributed by atoms with Gasteiger partial charge in [-0.2, -0.15) is 0 Å². The molecule has 0 spiro atoms. The Morgan fingerprint density at radius 1 is 1.07 bits per heavy atom. The van der Waals surface area contributed by atoms with Crippen molar-refractivity contribution in [2.24, 2.45) is 0 Å². The van der Waals surface area contributed by atoms with E-state index in [-0.39, 0.29) is 18.2 Å². The molecule has 1 atom stereocenters. The van der Waals surface area contributed by atoms with Gasteiger partial charge in [0.25, 0.3) is 0 Å².